The molecule has 9 nitrogen and oxygen atoms in total. The van der Waals surface area contributed by atoms with Gasteiger partial charge in [0.25, 0.3) is 10.1 Å². The highest BCUT2D eigenvalue weighted by Gasteiger charge is 2.32. The molecular formula is C33H22N2O7S. The van der Waals surface area contributed by atoms with Gasteiger partial charge in [-0.25, -0.2) is 4.79 Å². The molecule has 0 amide bonds. The molecule has 212 valence electrons. The van der Waals surface area contributed by atoms with E-state index < -0.39 is 49.4 Å². The van der Waals surface area contributed by atoms with Gasteiger partial charge in [0, 0.05) is 10.9 Å². The number of hydrogen-bond acceptors (Lipinski definition) is 8. The Hall–Kier alpha value is -5.45. The van der Waals surface area contributed by atoms with Gasteiger partial charge in [-0.1, -0.05) is 97.1 Å². The summed E-state index contributed by atoms with van der Waals surface area (Å²) in [5.74, 6) is -2.29. The van der Waals surface area contributed by atoms with Crippen LogP contribution in [-0.2, 0) is 10.1 Å². The number of carbonyl (C=O) groups excluding carboxylic acids is 1. The van der Waals surface area contributed by atoms with Gasteiger partial charge in [0.2, 0.25) is 0 Å². The number of carbonyl (C=O) groups is 1. The first kappa shape index (κ1) is 27.7. The second-order valence-electron chi connectivity index (χ2n) is 9.69. The Morgan fingerprint density at radius 3 is 2.12 bits per heavy atom. The van der Waals surface area contributed by atoms with Crippen LogP contribution in [0.15, 0.2) is 140 Å². The van der Waals surface area contributed by atoms with Gasteiger partial charge in [-0.05, 0) is 29.1 Å². The Balaban J connectivity index is 1.59. The van der Waals surface area contributed by atoms with Crippen LogP contribution in [0.4, 0.5) is 11.4 Å². The molecule has 10 heteroatoms. The van der Waals surface area contributed by atoms with Gasteiger partial charge in [-0.15, -0.1) is 10.2 Å². The Bertz CT molecular complexity index is 2210. The molecule has 2 N–H and O–H groups in total. The van der Waals surface area contributed by atoms with Gasteiger partial charge in [0.15, 0.2) is 17.1 Å². The van der Waals surface area contributed by atoms with Crippen molar-refractivity contribution < 1.29 is 27.3 Å². The molecule has 1 atom stereocenters. The summed E-state index contributed by atoms with van der Waals surface area (Å²) in [6.07, 6.45) is 0. The van der Waals surface area contributed by atoms with Crippen molar-refractivity contribution in [3.8, 4) is 5.75 Å². The number of nitrogens with zero attached hydrogens (tertiary/aromatic N) is 2. The lowest BCUT2D eigenvalue weighted by Gasteiger charge is -2.18. The zero-order valence-corrected chi connectivity index (χ0v) is 23.1. The fraction of sp³-hybridized carbons (Fsp3) is 0.0303. The second kappa shape index (κ2) is 11.1. The van der Waals surface area contributed by atoms with Crippen LogP contribution in [0.1, 0.15) is 27.4 Å². The average Bonchev–Trinajstić information content (AvgIpc) is 3.02. The molecule has 1 heterocycles. The van der Waals surface area contributed by atoms with Crippen molar-refractivity contribution in [3.63, 3.8) is 0 Å². The third-order valence-electron chi connectivity index (χ3n) is 7.06. The number of benzene rings is 5. The molecule has 6 rings (SSSR count). The zero-order chi connectivity index (χ0) is 30.1. The summed E-state index contributed by atoms with van der Waals surface area (Å²) in [4.78, 5) is 26.7. The second-order valence-corrected chi connectivity index (χ2v) is 11.1. The summed E-state index contributed by atoms with van der Waals surface area (Å²) < 4.78 is 40.2. The van der Waals surface area contributed by atoms with Crippen LogP contribution in [0.25, 0.3) is 21.7 Å². The third-order valence-corrected chi connectivity index (χ3v) is 7.95. The fourth-order valence-corrected chi connectivity index (χ4v) is 5.67. The largest absolute Gasteiger partial charge is 0.507 e. The molecule has 5 aromatic carbocycles. The highest BCUT2D eigenvalue weighted by Crippen LogP contribution is 2.42. The number of ketones is 1. The van der Waals surface area contributed by atoms with Crippen LogP contribution >= 0.6 is 0 Å². The van der Waals surface area contributed by atoms with Gasteiger partial charge in [0.05, 0.1) is 22.6 Å². The van der Waals surface area contributed by atoms with E-state index in [1.54, 1.807) is 78.9 Å². The van der Waals surface area contributed by atoms with Crippen molar-refractivity contribution in [2.45, 2.75) is 10.8 Å². The van der Waals surface area contributed by atoms with E-state index in [4.69, 9.17) is 4.42 Å². The Kier molecular flexibility index (Phi) is 7.14. The highest BCUT2D eigenvalue weighted by atomic mass is 32.2. The first-order valence-corrected chi connectivity index (χ1v) is 14.5. The van der Waals surface area contributed by atoms with Crippen molar-refractivity contribution in [2.24, 2.45) is 10.2 Å². The minimum Gasteiger partial charge on any atom is -0.507 e. The predicted octanol–water partition coefficient (Wildman–Crippen LogP) is 7.33. The molecule has 0 aliphatic carbocycles. The van der Waals surface area contributed by atoms with E-state index in [-0.39, 0.29) is 10.9 Å². The normalized spacial score (nSPS) is 12.6. The number of azo groups is 1. The van der Waals surface area contributed by atoms with Crippen LogP contribution in [0.5, 0.6) is 5.75 Å². The third kappa shape index (κ3) is 5.21. The summed E-state index contributed by atoms with van der Waals surface area (Å²) in [6.45, 7) is 0. The Morgan fingerprint density at radius 1 is 0.744 bits per heavy atom. The lowest BCUT2D eigenvalue weighted by atomic mass is 9.84. The van der Waals surface area contributed by atoms with E-state index in [1.165, 1.54) is 6.07 Å². The molecule has 0 spiro atoms. The maximum atomic E-state index is 13.8. The molecule has 0 radical (unpaired) electrons. The summed E-state index contributed by atoms with van der Waals surface area (Å²) >= 11 is 0. The lowest BCUT2D eigenvalue weighted by molar-refractivity contribution is 0.0971. The maximum absolute atomic E-state index is 13.8. The van der Waals surface area contributed by atoms with Gasteiger partial charge in [-0.3, -0.25) is 9.35 Å². The van der Waals surface area contributed by atoms with Crippen molar-refractivity contribution in [3.05, 3.63) is 142 Å². The molecule has 1 aromatic heterocycles. The molecule has 0 aliphatic heterocycles. The van der Waals surface area contributed by atoms with E-state index >= 15 is 0 Å². The van der Waals surface area contributed by atoms with Gasteiger partial charge in [0.1, 0.15) is 10.6 Å². The molecule has 0 saturated heterocycles. The van der Waals surface area contributed by atoms with E-state index in [0.29, 0.717) is 16.8 Å². The van der Waals surface area contributed by atoms with Crippen molar-refractivity contribution in [2.75, 3.05) is 0 Å². The van der Waals surface area contributed by atoms with Gasteiger partial charge < -0.3 is 9.52 Å². The monoisotopic (exact) mass is 590 g/mol. The van der Waals surface area contributed by atoms with E-state index in [2.05, 4.69) is 10.2 Å². The number of aromatic hydroxyl groups is 1. The Labute approximate surface area is 245 Å². The minimum atomic E-state index is -4.87. The van der Waals surface area contributed by atoms with E-state index in [9.17, 15) is 27.7 Å². The number of Topliss-reactive ketones (excluding diaryl/α,β-unsaturated/α-hetero) is 1. The smallest absolute Gasteiger partial charge is 0.344 e. The van der Waals surface area contributed by atoms with Gasteiger partial charge in [-0.2, -0.15) is 8.42 Å². The van der Waals surface area contributed by atoms with Crippen LogP contribution in [0.2, 0.25) is 0 Å². The van der Waals surface area contributed by atoms with Crippen LogP contribution in [0, 0.1) is 0 Å². The maximum Gasteiger partial charge on any atom is 0.344 e. The number of hydrogen-bond donors (Lipinski definition) is 2. The minimum absolute atomic E-state index is 0.101. The number of fused-ring (bicyclic) bond motifs is 2. The standard InChI is InChI=1S/C33H22N2O7S/c36-30(22-13-5-2-6-14-22)27(21-11-3-1-4-12-21)28-31(37)24-18-19-26(43(39,40)41)29(32(24)42-33(28)38)35-34-25-17-9-15-20-10-7-8-16-23(20)25/h1-19,27,37H,(H,39,40,41)/b35-34+. The molecule has 0 saturated carbocycles. The molecule has 0 aliphatic rings. The van der Waals surface area contributed by atoms with Crippen LogP contribution < -0.4 is 5.63 Å². The van der Waals surface area contributed by atoms with E-state index in [0.717, 1.165) is 16.8 Å². The lowest BCUT2D eigenvalue weighted by Crippen LogP contribution is -2.22. The molecule has 0 bridgehead atoms. The topological polar surface area (TPSA) is 147 Å². The van der Waals surface area contributed by atoms with Crippen molar-refractivity contribution in [1.29, 1.82) is 0 Å². The molecule has 1 unspecified atom stereocenters. The molecule has 6 aromatic rings. The Morgan fingerprint density at radius 2 is 1.40 bits per heavy atom. The van der Waals surface area contributed by atoms with Gasteiger partial charge >= 0.3 is 5.63 Å². The molecular weight excluding hydrogens is 568 g/mol. The molecule has 0 fully saturated rings. The predicted molar refractivity (Wildman–Crippen MR) is 161 cm³/mol. The highest BCUT2D eigenvalue weighted by molar-refractivity contribution is 7.86. The van der Waals surface area contributed by atoms with Crippen LogP contribution in [0.3, 0.4) is 0 Å². The SMILES string of the molecule is O=C(c1ccccc1)C(c1ccccc1)c1c(O)c2ccc(S(=O)(=O)O)c(/N=N/c3cccc4ccccc34)c2oc1=O. The summed E-state index contributed by atoms with van der Waals surface area (Å²) in [5, 5.41) is 21.3. The van der Waals surface area contributed by atoms with Crippen molar-refractivity contribution in [1.82, 2.24) is 0 Å². The quantitative estimate of drug-likeness (QED) is 0.0856. The first-order valence-electron chi connectivity index (χ1n) is 13.1. The summed E-state index contributed by atoms with van der Waals surface area (Å²) in [5.41, 5.74) is -1.20. The zero-order valence-electron chi connectivity index (χ0n) is 22.3. The van der Waals surface area contributed by atoms with E-state index in [1.807, 2.05) is 24.3 Å². The van der Waals surface area contributed by atoms with Crippen molar-refractivity contribution >= 4 is 49.0 Å². The first-order chi connectivity index (χ1) is 20.7. The fourth-order valence-electron chi connectivity index (χ4n) is 5.05. The summed E-state index contributed by atoms with van der Waals surface area (Å²) in [6, 6.07) is 31.6. The summed E-state index contributed by atoms with van der Waals surface area (Å²) in [7, 11) is -4.87. The van der Waals surface area contributed by atoms with Crippen LogP contribution in [-0.4, -0.2) is 23.9 Å². The average molecular weight is 591 g/mol. The molecule has 43 heavy (non-hydrogen) atoms. The number of rotatable bonds is 7.